The summed E-state index contributed by atoms with van der Waals surface area (Å²) >= 11 is 0. The van der Waals surface area contributed by atoms with Gasteiger partial charge in [0.25, 0.3) is 0 Å². The quantitative estimate of drug-likeness (QED) is 0.773. The van der Waals surface area contributed by atoms with Crippen LogP contribution in [0.1, 0.15) is 39.0 Å². The topological polar surface area (TPSA) is 71.1 Å². The second-order valence-electron chi connectivity index (χ2n) is 6.10. The van der Waals surface area contributed by atoms with E-state index in [0.29, 0.717) is 24.2 Å². The maximum atomic E-state index is 12.7. The molecule has 21 heavy (non-hydrogen) atoms. The lowest BCUT2D eigenvalue weighted by molar-refractivity contribution is 0.471. The van der Waals surface area contributed by atoms with Crippen LogP contribution < -0.4 is 10.0 Å². The van der Waals surface area contributed by atoms with Crippen molar-refractivity contribution in [3.63, 3.8) is 0 Å². The van der Waals surface area contributed by atoms with Crippen molar-refractivity contribution in [2.24, 2.45) is 11.8 Å². The lowest BCUT2D eigenvalue weighted by Gasteiger charge is -2.19. The summed E-state index contributed by atoms with van der Waals surface area (Å²) in [5.41, 5.74) is 0. The van der Waals surface area contributed by atoms with Crippen LogP contribution in [0.3, 0.4) is 0 Å². The van der Waals surface area contributed by atoms with E-state index in [1.165, 1.54) is 0 Å². The van der Waals surface area contributed by atoms with E-state index in [0.717, 1.165) is 32.1 Å². The molecule has 5 nitrogen and oxygen atoms in total. The Morgan fingerprint density at radius 2 is 1.95 bits per heavy atom. The van der Waals surface area contributed by atoms with Crippen LogP contribution >= 0.6 is 0 Å². The molecule has 0 saturated heterocycles. The van der Waals surface area contributed by atoms with E-state index in [1.54, 1.807) is 18.3 Å². The van der Waals surface area contributed by atoms with Gasteiger partial charge in [-0.2, -0.15) is 0 Å². The number of aromatic nitrogens is 1. The van der Waals surface area contributed by atoms with Crippen molar-refractivity contribution >= 4 is 15.8 Å². The Kier molecular flexibility index (Phi) is 4.17. The smallest absolute Gasteiger partial charge is 0.244 e. The van der Waals surface area contributed by atoms with Gasteiger partial charge in [0.2, 0.25) is 10.0 Å². The van der Waals surface area contributed by atoms with E-state index in [9.17, 15) is 8.42 Å². The van der Waals surface area contributed by atoms with Crippen LogP contribution in [0, 0.1) is 11.8 Å². The average Bonchev–Trinajstić information content (AvgIpc) is 3.36. The minimum absolute atomic E-state index is 0.120. The van der Waals surface area contributed by atoms with E-state index >= 15 is 0 Å². The van der Waals surface area contributed by atoms with Crippen LogP contribution in [-0.4, -0.2) is 26.0 Å². The molecule has 1 aromatic rings. The highest BCUT2D eigenvalue weighted by Crippen LogP contribution is 2.45. The second kappa shape index (κ2) is 5.93. The first kappa shape index (κ1) is 14.8. The first-order valence-electron chi connectivity index (χ1n) is 7.83. The van der Waals surface area contributed by atoms with Gasteiger partial charge in [-0.15, -0.1) is 0 Å². The van der Waals surface area contributed by atoms with E-state index in [1.807, 2.05) is 6.92 Å². The molecule has 0 unspecified atom stereocenters. The molecule has 3 rings (SSSR count). The Morgan fingerprint density at radius 1 is 1.29 bits per heavy atom. The fourth-order valence-electron chi connectivity index (χ4n) is 2.71. The Morgan fingerprint density at radius 3 is 2.52 bits per heavy atom. The molecule has 0 amide bonds. The molecule has 2 fully saturated rings. The standard InChI is InChI=1S/C15H23N3O2S/c1-2-9-16-15-13(4-3-10-17-15)21(19,20)18-14(11-5-6-11)12-7-8-12/h3-4,10-12,14,18H,2,5-9H2,1H3,(H,16,17). The molecule has 0 spiro atoms. The minimum Gasteiger partial charge on any atom is -0.369 e. The van der Waals surface area contributed by atoms with Crippen LogP contribution in [0.15, 0.2) is 23.2 Å². The summed E-state index contributed by atoms with van der Waals surface area (Å²) in [5, 5.41) is 3.10. The van der Waals surface area contributed by atoms with Crippen LogP contribution in [0.25, 0.3) is 0 Å². The number of anilines is 1. The Hall–Kier alpha value is -1.14. The molecule has 1 heterocycles. The molecule has 6 heteroatoms. The van der Waals surface area contributed by atoms with Crippen molar-refractivity contribution in [2.45, 2.75) is 50.0 Å². The summed E-state index contributed by atoms with van der Waals surface area (Å²) in [6.07, 6.45) is 7.15. The average molecular weight is 309 g/mol. The highest BCUT2D eigenvalue weighted by molar-refractivity contribution is 7.89. The van der Waals surface area contributed by atoms with Gasteiger partial charge in [-0.05, 0) is 56.1 Å². The Bertz CT molecular complexity index is 583. The minimum atomic E-state index is -3.51. The van der Waals surface area contributed by atoms with E-state index in [-0.39, 0.29) is 10.9 Å². The predicted molar refractivity (Wildman–Crippen MR) is 82.6 cm³/mol. The lowest BCUT2D eigenvalue weighted by Crippen LogP contribution is -2.38. The molecule has 0 atom stereocenters. The highest BCUT2D eigenvalue weighted by atomic mass is 32.2. The summed E-state index contributed by atoms with van der Waals surface area (Å²) in [5.74, 6) is 1.53. The van der Waals surface area contributed by atoms with Crippen LogP contribution in [0.4, 0.5) is 5.82 Å². The monoisotopic (exact) mass is 309 g/mol. The fraction of sp³-hybridized carbons (Fsp3) is 0.667. The lowest BCUT2D eigenvalue weighted by atomic mass is 10.1. The van der Waals surface area contributed by atoms with Gasteiger partial charge >= 0.3 is 0 Å². The third kappa shape index (κ3) is 3.55. The van der Waals surface area contributed by atoms with Gasteiger partial charge in [-0.3, -0.25) is 0 Å². The first-order chi connectivity index (χ1) is 10.1. The largest absolute Gasteiger partial charge is 0.369 e. The number of rotatable bonds is 8. The molecule has 2 aliphatic carbocycles. The van der Waals surface area contributed by atoms with Crippen LogP contribution in [-0.2, 0) is 10.0 Å². The summed E-state index contributed by atoms with van der Waals surface area (Å²) in [6.45, 7) is 2.76. The molecule has 2 aliphatic rings. The number of nitrogens with one attached hydrogen (secondary N) is 2. The maximum absolute atomic E-state index is 12.7. The van der Waals surface area contributed by atoms with Crippen LogP contribution in [0.2, 0.25) is 0 Å². The summed E-state index contributed by atoms with van der Waals surface area (Å²) in [7, 11) is -3.51. The van der Waals surface area contributed by atoms with Gasteiger partial charge in [0, 0.05) is 18.8 Å². The summed E-state index contributed by atoms with van der Waals surface area (Å²) in [4.78, 5) is 4.45. The van der Waals surface area contributed by atoms with Gasteiger partial charge < -0.3 is 5.32 Å². The Balaban J connectivity index is 1.80. The third-order valence-corrected chi connectivity index (χ3v) is 5.64. The van der Waals surface area contributed by atoms with Gasteiger partial charge in [0.15, 0.2) is 0 Å². The zero-order chi connectivity index (χ0) is 14.9. The molecule has 116 valence electrons. The molecule has 2 saturated carbocycles. The van der Waals surface area contributed by atoms with Crippen molar-refractivity contribution in [3.8, 4) is 0 Å². The molecule has 0 radical (unpaired) electrons. The SMILES string of the molecule is CCCNc1ncccc1S(=O)(=O)NC(C1CC1)C1CC1. The van der Waals surface area contributed by atoms with E-state index in [4.69, 9.17) is 0 Å². The summed E-state index contributed by atoms with van der Waals surface area (Å²) in [6, 6.07) is 3.42. The molecule has 2 N–H and O–H groups in total. The molecule has 1 aromatic heterocycles. The van der Waals surface area contributed by atoms with Crippen molar-refractivity contribution < 1.29 is 8.42 Å². The van der Waals surface area contributed by atoms with Crippen molar-refractivity contribution in [1.82, 2.24) is 9.71 Å². The van der Waals surface area contributed by atoms with Crippen molar-refractivity contribution in [1.29, 1.82) is 0 Å². The molecular formula is C15H23N3O2S. The molecule has 0 aromatic carbocycles. The fourth-order valence-corrected chi connectivity index (χ4v) is 4.22. The number of hydrogen-bond acceptors (Lipinski definition) is 4. The molecule has 0 bridgehead atoms. The van der Waals surface area contributed by atoms with Gasteiger partial charge in [-0.25, -0.2) is 18.1 Å². The number of nitrogens with zero attached hydrogens (tertiary/aromatic N) is 1. The van der Waals surface area contributed by atoms with Gasteiger partial charge in [-0.1, -0.05) is 6.92 Å². The zero-order valence-corrected chi connectivity index (χ0v) is 13.2. The van der Waals surface area contributed by atoms with Gasteiger partial charge in [0.05, 0.1) is 0 Å². The molecule has 0 aliphatic heterocycles. The number of hydrogen-bond donors (Lipinski definition) is 2. The number of pyridine rings is 1. The highest BCUT2D eigenvalue weighted by Gasteiger charge is 2.43. The molecular weight excluding hydrogens is 286 g/mol. The van der Waals surface area contributed by atoms with Crippen molar-refractivity contribution in [3.05, 3.63) is 18.3 Å². The van der Waals surface area contributed by atoms with Gasteiger partial charge in [0.1, 0.15) is 10.7 Å². The normalized spacial score (nSPS) is 19.0. The van der Waals surface area contributed by atoms with E-state index < -0.39 is 10.0 Å². The predicted octanol–water partition coefficient (Wildman–Crippen LogP) is 2.37. The zero-order valence-electron chi connectivity index (χ0n) is 12.4. The van der Waals surface area contributed by atoms with Crippen LogP contribution in [0.5, 0.6) is 0 Å². The third-order valence-electron chi connectivity index (χ3n) is 4.15. The Labute approximate surface area is 126 Å². The summed E-state index contributed by atoms with van der Waals surface area (Å²) < 4.78 is 28.3. The van der Waals surface area contributed by atoms with E-state index in [2.05, 4.69) is 15.0 Å². The number of sulfonamides is 1. The second-order valence-corrected chi connectivity index (χ2v) is 7.78. The maximum Gasteiger partial charge on any atom is 0.244 e. The first-order valence-corrected chi connectivity index (χ1v) is 9.31. The van der Waals surface area contributed by atoms with Crippen molar-refractivity contribution in [2.75, 3.05) is 11.9 Å².